The number of hydrogen-bond donors (Lipinski definition) is 1. The number of nitrogens with one attached hydrogen (secondary N) is 1. The fraction of sp³-hybridized carbons (Fsp3) is 0.562. The van der Waals surface area contributed by atoms with Gasteiger partial charge in [0.2, 0.25) is 0 Å². The largest absolute Gasteiger partial charge is 0.473 e. The van der Waals surface area contributed by atoms with Crippen molar-refractivity contribution in [3.05, 3.63) is 28.3 Å². The van der Waals surface area contributed by atoms with Crippen LogP contribution in [0.25, 0.3) is 0 Å². The SMILES string of the molecule is COCCN(CCOC)C(=O)NCOc1cc(C)c(Cl)c(C)c1. The number of rotatable bonds is 9. The molecule has 1 N–H and O–H groups in total. The van der Waals surface area contributed by atoms with Gasteiger partial charge in [-0.05, 0) is 37.1 Å². The van der Waals surface area contributed by atoms with Crippen LogP contribution in [0.3, 0.4) is 0 Å². The van der Waals surface area contributed by atoms with Gasteiger partial charge in [-0.15, -0.1) is 0 Å². The van der Waals surface area contributed by atoms with E-state index in [1.54, 1.807) is 19.1 Å². The number of halogens is 1. The third-order valence-electron chi connectivity index (χ3n) is 3.29. The summed E-state index contributed by atoms with van der Waals surface area (Å²) in [6.45, 7) is 5.82. The number of methoxy groups -OCH3 is 2. The van der Waals surface area contributed by atoms with Gasteiger partial charge in [0, 0.05) is 32.3 Å². The highest BCUT2D eigenvalue weighted by molar-refractivity contribution is 6.32. The third-order valence-corrected chi connectivity index (χ3v) is 3.89. The van der Waals surface area contributed by atoms with Crippen LogP contribution in [0.5, 0.6) is 5.75 Å². The first-order chi connectivity index (χ1) is 11.0. The topological polar surface area (TPSA) is 60.0 Å². The maximum absolute atomic E-state index is 12.1. The maximum atomic E-state index is 12.1. The van der Waals surface area contributed by atoms with Gasteiger partial charge in [0.15, 0.2) is 6.73 Å². The molecule has 0 fully saturated rings. The molecule has 0 bridgehead atoms. The predicted molar refractivity (Wildman–Crippen MR) is 90.3 cm³/mol. The molecule has 1 aromatic rings. The van der Waals surface area contributed by atoms with Gasteiger partial charge < -0.3 is 24.4 Å². The molecule has 0 aliphatic carbocycles. The van der Waals surface area contributed by atoms with E-state index in [9.17, 15) is 4.79 Å². The fourth-order valence-corrected chi connectivity index (χ4v) is 2.11. The second kappa shape index (κ2) is 10.3. The zero-order valence-corrected chi connectivity index (χ0v) is 14.9. The second-order valence-electron chi connectivity index (χ2n) is 5.11. The Morgan fingerprint density at radius 1 is 1.13 bits per heavy atom. The average molecular weight is 345 g/mol. The van der Waals surface area contributed by atoms with Crippen LogP contribution < -0.4 is 10.1 Å². The van der Waals surface area contributed by atoms with Gasteiger partial charge in [-0.1, -0.05) is 11.6 Å². The van der Waals surface area contributed by atoms with E-state index in [0.717, 1.165) is 16.1 Å². The van der Waals surface area contributed by atoms with E-state index in [1.165, 1.54) is 0 Å². The van der Waals surface area contributed by atoms with Crippen molar-refractivity contribution in [1.82, 2.24) is 10.2 Å². The summed E-state index contributed by atoms with van der Waals surface area (Å²) in [5.74, 6) is 0.671. The molecule has 130 valence electrons. The lowest BCUT2D eigenvalue weighted by atomic mass is 10.1. The molecule has 1 aromatic carbocycles. The highest BCUT2D eigenvalue weighted by Gasteiger charge is 2.12. The molecule has 0 unspecified atom stereocenters. The monoisotopic (exact) mass is 344 g/mol. The Balaban J connectivity index is 2.50. The highest BCUT2D eigenvalue weighted by Crippen LogP contribution is 2.25. The van der Waals surface area contributed by atoms with Crippen LogP contribution in [-0.2, 0) is 9.47 Å². The number of ether oxygens (including phenoxy) is 3. The van der Waals surface area contributed by atoms with Gasteiger partial charge in [-0.2, -0.15) is 0 Å². The summed E-state index contributed by atoms with van der Waals surface area (Å²) < 4.78 is 15.6. The first-order valence-electron chi connectivity index (χ1n) is 7.39. The Kier molecular flexibility index (Phi) is 8.76. The molecular formula is C16H25ClN2O4. The van der Waals surface area contributed by atoms with Crippen LogP contribution in [0.2, 0.25) is 5.02 Å². The summed E-state index contributed by atoms with van der Waals surface area (Å²) in [6, 6.07) is 3.46. The van der Waals surface area contributed by atoms with Crippen LogP contribution in [0.1, 0.15) is 11.1 Å². The lowest BCUT2D eigenvalue weighted by Crippen LogP contribution is -2.44. The summed E-state index contributed by atoms with van der Waals surface area (Å²) >= 11 is 6.12. The zero-order valence-electron chi connectivity index (χ0n) is 14.1. The number of carbonyl (C=O) groups is 1. The quantitative estimate of drug-likeness (QED) is 0.699. The summed E-state index contributed by atoms with van der Waals surface area (Å²) in [7, 11) is 3.20. The lowest BCUT2D eigenvalue weighted by Gasteiger charge is -2.22. The van der Waals surface area contributed by atoms with E-state index in [2.05, 4.69) is 5.32 Å². The van der Waals surface area contributed by atoms with Crippen molar-refractivity contribution in [2.24, 2.45) is 0 Å². The van der Waals surface area contributed by atoms with E-state index in [0.29, 0.717) is 32.1 Å². The van der Waals surface area contributed by atoms with Crippen molar-refractivity contribution < 1.29 is 19.0 Å². The van der Waals surface area contributed by atoms with Gasteiger partial charge in [-0.25, -0.2) is 4.79 Å². The molecule has 2 amide bonds. The van der Waals surface area contributed by atoms with E-state index in [1.807, 2.05) is 26.0 Å². The molecule has 0 heterocycles. The van der Waals surface area contributed by atoms with Crippen molar-refractivity contribution in [3.8, 4) is 5.75 Å². The van der Waals surface area contributed by atoms with Crippen molar-refractivity contribution in [3.63, 3.8) is 0 Å². The molecule has 23 heavy (non-hydrogen) atoms. The number of benzene rings is 1. The highest BCUT2D eigenvalue weighted by atomic mass is 35.5. The number of amides is 2. The molecule has 0 aliphatic heterocycles. The molecule has 0 spiro atoms. The minimum atomic E-state index is -0.221. The van der Waals surface area contributed by atoms with Crippen molar-refractivity contribution in [2.75, 3.05) is 47.3 Å². The molecule has 0 atom stereocenters. The molecular weight excluding hydrogens is 320 g/mol. The summed E-state index contributed by atoms with van der Waals surface area (Å²) in [6.07, 6.45) is 0. The molecule has 0 aliphatic rings. The minimum absolute atomic E-state index is 0.0792. The lowest BCUT2D eigenvalue weighted by molar-refractivity contribution is 0.119. The molecule has 0 saturated carbocycles. The summed E-state index contributed by atoms with van der Waals surface area (Å²) in [5, 5.41) is 3.45. The van der Waals surface area contributed by atoms with E-state index in [4.69, 9.17) is 25.8 Å². The van der Waals surface area contributed by atoms with Gasteiger partial charge in [-0.3, -0.25) is 0 Å². The van der Waals surface area contributed by atoms with Crippen LogP contribution in [0.4, 0.5) is 4.79 Å². The van der Waals surface area contributed by atoms with Gasteiger partial charge in [0.05, 0.1) is 13.2 Å². The number of carbonyl (C=O) groups excluding carboxylic acids is 1. The molecule has 6 nitrogen and oxygen atoms in total. The van der Waals surface area contributed by atoms with Crippen molar-refractivity contribution in [1.29, 1.82) is 0 Å². The molecule has 1 rings (SSSR count). The summed E-state index contributed by atoms with van der Waals surface area (Å²) in [4.78, 5) is 13.8. The second-order valence-corrected chi connectivity index (χ2v) is 5.49. The van der Waals surface area contributed by atoms with Crippen molar-refractivity contribution >= 4 is 17.6 Å². The first kappa shape index (κ1) is 19.5. The van der Waals surface area contributed by atoms with Crippen LogP contribution in [-0.4, -0.2) is 58.2 Å². The number of nitrogens with zero attached hydrogens (tertiary/aromatic N) is 1. The van der Waals surface area contributed by atoms with E-state index >= 15 is 0 Å². The maximum Gasteiger partial charge on any atom is 0.320 e. The minimum Gasteiger partial charge on any atom is -0.473 e. The number of aryl methyl sites for hydroxylation is 2. The van der Waals surface area contributed by atoms with Crippen LogP contribution in [0, 0.1) is 13.8 Å². The number of hydrogen-bond acceptors (Lipinski definition) is 4. The third kappa shape index (κ3) is 6.64. The smallest absolute Gasteiger partial charge is 0.320 e. The molecule has 0 aromatic heterocycles. The average Bonchev–Trinajstić information content (AvgIpc) is 2.52. The molecule has 0 radical (unpaired) electrons. The number of urea groups is 1. The Bertz CT molecular complexity index is 480. The first-order valence-corrected chi connectivity index (χ1v) is 7.77. The van der Waals surface area contributed by atoms with Gasteiger partial charge in [0.1, 0.15) is 5.75 Å². The zero-order chi connectivity index (χ0) is 17.2. The summed E-state index contributed by atoms with van der Waals surface area (Å²) in [5.41, 5.74) is 1.88. The van der Waals surface area contributed by atoms with Crippen LogP contribution in [0.15, 0.2) is 12.1 Å². The Morgan fingerprint density at radius 2 is 1.65 bits per heavy atom. The van der Waals surface area contributed by atoms with E-state index < -0.39 is 0 Å². The molecule has 7 heteroatoms. The van der Waals surface area contributed by atoms with Gasteiger partial charge >= 0.3 is 6.03 Å². The normalized spacial score (nSPS) is 10.5. The Morgan fingerprint density at radius 3 is 2.13 bits per heavy atom. The standard InChI is InChI=1S/C16H25ClN2O4/c1-12-9-14(10-13(2)15(12)17)23-11-18-16(20)19(5-7-21-3)6-8-22-4/h9-10H,5-8,11H2,1-4H3,(H,18,20). The molecule has 0 saturated heterocycles. The van der Waals surface area contributed by atoms with Crippen LogP contribution >= 0.6 is 11.6 Å². The fourth-order valence-electron chi connectivity index (χ4n) is 2.00. The predicted octanol–water partition coefficient (Wildman–Crippen LogP) is 2.60. The Labute approximate surface area is 142 Å². The van der Waals surface area contributed by atoms with Gasteiger partial charge in [0.25, 0.3) is 0 Å². The van der Waals surface area contributed by atoms with Crippen molar-refractivity contribution in [2.45, 2.75) is 13.8 Å². The Hall–Kier alpha value is -1.50. The van der Waals surface area contributed by atoms with E-state index in [-0.39, 0.29) is 12.8 Å².